The minimum atomic E-state index is 0.444. The second-order valence-electron chi connectivity index (χ2n) is 6.49. The van der Waals surface area contributed by atoms with Gasteiger partial charge in [0.2, 0.25) is 0 Å². The van der Waals surface area contributed by atoms with Gasteiger partial charge >= 0.3 is 0 Å². The lowest BCUT2D eigenvalue weighted by Crippen LogP contribution is -2.55. The van der Waals surface area contributed by atoms with Gasteiger partial charge in [-0.1, -0.05) is 32.6 Å². The third kappa shape index (κ3) is 3.46. The van der Waals surface area contributed by atoms with Crippen LogP contribution < -0.4 is 0 Å². The third-order valence-electron chi connectivity index (χ3n) is 5.08. The molecule has 1 saturated carbocycles. The SMILES string of the molecule is CON1CCN(C2(C)CCCC(C)CCC2)CC1. The van der Waals surface area contributed by atoms with Crippen molar-refractivity contribution in [3.8, 4) is 0 Å². The Morgan fingerprint density at radius 2 is 1.56 bits per heavy atom. The van der Waals surface area contributed by atoms with Gasteiger partial charge in [0.15, 0.2) is 0 Å². The van der Waals surface area contributed by atoms with Crippen LogP contribution in [-0.4, -0.2) is 48.8 Å². The molecule has 0 bridgehead atoms. The predicted molar refractivity (Wildman–Crippen MR) is 75.4 cm³/mol. The van der Waals surface area contributed by atoms with Crippen LogP contribution in [0.5, 0.6) is 0 Å². The number of hydrogen-bond acceptors (Lipinski definition) is 3. The summed E-state index contributed by atoms with van der Waals surface area (Å²) >= 11 is 0. The Morgan fingerprint density at radius 3 is 2.06 bits per heavy atom. The Balaban J connectivity index is 1.89. The van der Waals surface area contributed by atoms with Gasteiger partial charge in [0.1, 0.15) is 0 Å². The van der Waals surface area contributed by atoms with Gasteiger partial charge in [0, 0.05) is 31.7 Å². The summed E-state index contributed by atoms with van der Waals surface area (Å²) in [5.74, 6) is 0.944. The van der Waals surface area contributed by atoms with Gasteiger partial charge in [0.25, 0.3) is 0 Å². The van der Waals surface area contributed by atoms with Crippen LogP contribution in [0, 0.1) is 5.92 Å². The summed E-state index contributed by atoms with van der Waals surface area (Å²) in [4.78, 5) is 8.05. The van der Waals surface area contributed by atoms with Crippen molar-refractivity contribution in [1.82, 2.24) is 9.96 Å². The van der Waals surface area contributed by atoms with Gasteiger partial charge in [-0.25, -0.2) is 0 Å². The van der Waals surface area contributed by atoms with Crippen LogP contribution in [0.3, 0.4) is 0 Å². The summed E-state index contributed by atoms with van der Waals surface area (Å²) in [5.41, 5.74) is 0.444. The average molecular weight is 254 g/mol. The summed E-state index contributed by atoms with van der Waals surface area (Å²) in [7, 11) is 1.79. The van der Waals surface area contributed by atoms with Crippen molar-refractivity contribution in [3.05, 3.63) is 0 Å². The van der Waals surface area contributed by atoms with Crippen LogP contribution in [0.2, 0.25) is 0 Å². The lowest BCUT2D eigenvalue weighted by Gasteiger charge is -2.46. The maximum Gasteiger partial charge on any atom is 0.0575 e. The highest BCUT2D eigenvalue weighted by Gasteiger charge is 2.34. The Hall–Kier alpha value is -0.120. The van der Waals surface area contributed by atoms with Gasteiger partial charge in [-0.2, -0.15) is 5.06 Å². The molecule has 0 aromatic heterocycles. The molecular weight excluding hydrogens is 224 g/mol. The van der Waals surface area contributed by atoms with Crippen molar-refractivity contribution in [2.24, 2.45) is 5.92 Å². The Kier molecular flexibility index (Phi) is 5.05. The molecule has 0 radical (unpaired) electrons. The standard InChI is InChI=1S/C15H30N2O/c1-14-6-4-8-15(2,9-5-7-14)16-10-12-17(18-3)13-11-16/h14H,4-13H2,1-3H3. The maximum atomic E-state index is 5.33. The average Bonchev–Trinajstić information content (AvgIpc) is 2.37. The van der Waals surface area contributed by atoms with Crippen LogP contribution in [0.25, 0.3) is 0 Å². The Morgan fingerprint density at radius 1 is 1.00 bits per heavy atom. The third-order valence-corrected chi connectivity index (χ3v) is 5.08. The van der Waals surface area contributed by atoms with Crippen molar-refractivity contribution in [3.63, 3.8) is 0 Å². The molecule has 0 aromatic carbocycles. The van der Waals surface area contributed by atoms with E-state index in [1.165, 1.54) is 51.6 Å². The van der Waals surface area contributed by atoms with Crippen LogP contribution in [0.1, 0.15) is 52.4 Å². The Labute approximate surface area is 112 Å². The molecule has 0 atom stereocenters. The van der Waals surface area contributed by atoms with E-state index in [-0.39, 0.29) is 0 Å². The second-order valence-corrected chi connectivity index (χ2v) is 6.49. The number of hydroxylamine groups is 2. The van der Waals surface area contributed by atoms with Crippen molar-refractivity contribution < 1.29 is 4.84 Å². The van der Waals surface area contributed by atoms with E-state index in [0.29, 0.717) is 5.54 Å². The molecule has 1 saturated heterocycles. The van der Waals surface area contributed by atoms with Gasteiger partial charge in [-0.05, 0) is 25.7 Å². The van der Waals surface area contributed by atoms with E-state index in [1.807, 2.05) is 0 Å². The molecule has 3 heteroatoms. The molecule has 0 N–H and O–H groups in total. The zero-order valence-corrected chi connectivity index (χ0v) is 12.5. The predicted octanol–water partition coefficient (Wildman–Crippen LogP) is 2.91. The molecule has 3 nitrogen and oxygen atoms in total. The molecule has 2 aliphatic rings. The fourth-order valence-electron chi connectivity index (χ4n) is 3.66. The highest BCUT2D eigenvalue weighted by Crippen LogP contribution is 2.33. The molecule has 0 amide bonds. The molecule has 0 aromatic rings. The van der Waals surface area contributed by atoms with Gasteiger partial charge in [-0.15, -0.1) is 0 Å². The topological polar surface area (TPSA) is 15.7 Å². The fraction of sp³-hybridized carbons (Fsp3) is 1.00. The van der Waals surface area contributed by atoms with E-state index >= 15 is 0 Å². The second kappa shape index (κ2) is 6.36. The smallest absolute Gasteiger partial charge is 0.0575 e. The number of nitrogens with zero attached hydrogens (tertiary/aromatic N) is 2. The quantitative estimate of drug-likeness (QED) is 0.753. The van der Waals surface area contributed by atoms with Crippen molar-refractivity contribution in [2.75, 3.05) is 33.3 Å². The zero-order chi connectivity index (χ0) is 13.0. The number of hydrogen-bond donors (Lipinski definition) is 0. The molecule has 0 spiro atoms. The van der Waals surface area contributed by atoms with Gasteiger partial charge < -0.3 is 4.84 Å². The van der Waals surface area contributed by atoms with Gasteiger partial charge in [-0.3, -0.25) is 4.90 Å². The van der Waals surface area contributed by atoms with E-state index in [1.54, 1.807) is 7.11 Å². The zero-order valence-electron chi connectivity index (χ0n) is 12.5. The first-order valence-corrected chi connectivity index (χ1v) is 7.68. The van der Waals surface area contributed by atoms with Crippen molar-refractivity contribution in [2.45, 2.75) is 57.9 Å². The van der Waals surface area contributed by atoms with E-state index in [9.17, 15) is 0 Å². The van der Waals surface area contributed by atoms with E-state index in [0.717, 1.165) is 19.0 Å². The summed E-state index contributed by atoms with van der Waals surface area (Å²) in [6.07, 6.45) is 8.42. The first-order valence-electron chi connectivity index (χ1n) is 7.68. The van der Waals surface area contributed by atoms with Gasteiger partial charge in [0.05, 0.1) is 7.11 Å². The molecule has 2 rings (SSSR count). The number of rotatable bonds is 2. The van der Waals surface area contributed by atoms with Crippen LogP contribution in [0.15, 0.2) is 0 Å². The van der Waals surface area contributed by atoms with Crippen molar-refractivity contribution >= 4 is 0 Å². The monoisotopic (exact) mass is 254 g/mol. The van der Waals surface area contributed by atoms with Crippen LogP contribution >= 0.6 is 0 Å². The van der Waals surface area contributed by atoms with E-state index in [2.05, 4.69) is 23.8 Å². The summed E-state index contributed by atoms with van der Waals surface area (Å²) in [6.45, 7) is 9.36. The lowest BCUT2D eigenvalue weighted by atomic mass is 9.81. The molecule has 1 aliphatic heterocycles. The molecule has 0 unspecified atom stereocenters. The fourth-order valence-corrected chi connectivity index (χ4v) is 3.66. The largest absolute Gasteiger partial charge is 0.302 e. The highest BCUT2D eigenvalue weighted by molar-refractivity contribution is 4.89. The molecule has 106 valence electrons. The van der Waals surface area contributed by atoms with E-state index < -0.39 is 0 Å². The minimum absolute atomic E-state index is 0.444. The maximum absolute atomic E-state index is 5.33. The van der Waals surface area contributed by atoms with Crippen LogP contribution in [0.4, 0.5) is 0 Å². The molecule has 1 heterocycles. The molecule has 2 fully saturated rings. The molecule has 1 aliphatic carbocycles. The Bertz CT molecular complexity index is 239. The normalized spacial score (nSPS) is 37.2. The number of piperazine rings is 1. The van der Waals surface area contributed by atoms with E-state index in [4.69, 9.17) is 4.84 Å². The van der Waals surface area contributed by atoms with Crippen molar-refractivity contribution in [1.29, 1.82) is 0 Å². The summed E-state index contributed by atoms with van der Waals surface area (Å²) in [5, 5.41) is 2.09. The summed E-state index contributed by atoms with van der Waals surface area (Å²) < 4.78 is 0. The lowest BCUT2D eigenvalue weighted by molar-refractivity contribution is -0.161. The first kappa shape index (κ1) is 14.3. The van der Waals surface area contributed by atoms with Crippen LogP contribution in [-0.2, 0) is 4.84 Å². The minimum Gasteiger partial charge on any atom is -0.302 e. The molecule has 18 heavy (non-hydrogen) atoms. The highest BCUT2D eigenvalue weighted by atomic mass is 16.7. The summed E-state index contributed by atoms with van der Waals surface area (Å²) in [6, 6.07) is 0. The molecular formula is C15H30N2O. The first-order chi connectivity index (χ1) is 8.64.